The van der Waals surface area contributed by atoms with Gasteiger partial charge in [0, 0.05) is 35.4 Å². The predicted molar refractivity (Wildman–Crippen MR) is 91.9 cm³/mol. The van der Waals surface area contributed by atoms with Gasteiger partial charge in [-0.05, 0) is 32.0 Å². The summed E-state index contributed by atoms with van der Waals surface area (Å²) in [6, 6.07) is 4.60. The van der Waals surface area contributed by atoms with Crippen LogP contribution in [0.15, 0.2) is 47.3 Å². The number of hydrogen-bond donors (Lipinski definition) is 3. The lowest BCUT2D eigenvalue weighted by Gasteiger charge is -2.30. The zero-order valence-electron chi connectivity index (χ0n) is 14.4. The van der Waals surface area contributed by atoms with E-state index in [1.165, 1.54) is 18.3 Å². The number of carboxylic acids is 1. The van der Waals surface area contributed by atoms with Gasteiger partial charge in [-0.2, -0.15) is 13.2 Å². The fourth-order valence-electron chi connectivity index (χ4n) is 3.49. The molecule has 8 heteroatoms. The molecule has 27 heavy (non-hydrogen) atoms. The van der Waals surface area contributed by atoms with E-state index in [2.05, 4.69) is 10.6 Å². The highest BCUT2D eigenvalue weighted by molar-refractivity contribution is 6.11. The van der Waals surface area contributed by atoms with Gasteiger partial charge in [0.15, 0.2) is 5.78 Å². The summed E-state index contributed by atoms with van der Waals surface area (Å²) >= 11 is 0. The number of aliphatic carboxylic acids is 1. The molecule has 3 N–H and O–H groups in total. The molecule has 0 saturated carbocycles. The highest BCUT2D eigenvalue weighted by Crippen LogP contribution is 2.36. The van der Waals surface area contributed by atoms with Crippen molar-refractivity contribution in [2.45, 2.75) is 25.4 Å². The fraction of sp³-hybridized carbons (Fsp3) is 0.368. The lowest BCUT2D eigenvalue weighted by Crippen LogP contribution is -2.34. The summed E-state index contributed by atoms with van der Waals surface area (Å²) in [5.41, 5.74) is -0.902. The van der Waals surface area contributed by atoms with E-state index in [9.17, 15) is 27.9 Å². The molecule has 1 aromatic carbocycles. The van der Waals surface area contributed by atoms with Crippen molar-refractivity contribution in [2.75, 3.05) is 13.1 Å². The second-order valence-corrected chi connectivity index (χ2v) is 6.58. The Hall–Kier alpha value is -2.61. The van der Waals surface area contributed by atoms with Crippen molar-refractivity contribution in [1.29, 1.82) is 0 Å². The Balaban J connectivity index is 2.05. The fourth-order valence-corrected chi connectivity index (χ4v) is 3.49. The number of benzene rings is 1. The Morgan fingerprint density at radius 2 is 1.78 bits per heavy atom. The third-order valence-corrected chi connectivity index (χ3v) is 4.87. The molecule has 144 valence electrons. The summed E-state index contributed by atoms with van der Waals surface area (Å²) in [4.78, 5) is 24.4. The number of carbonyl (C=O) groups excluding carboxylic acids is 1. The zero-order chi connectivity index (χ0) is 19.6. The molecule has 0 aromatic heterocycles. The average molecular weight is 380 g/mol. The van der Waals surface area contributed by atoms with E-state index in [-0.39, 0.29) is 23.5 Å². The van der Waals surface area contributed by atoms with Crippen LogP contribution in [0.1, 0.15) is 35.2 Å². The van der Waals surface area contributed by atoms with Crippen molar-refractivity contribution < 1.29 is 27.9 Å². The standard InChI is InChI=1S/C19H19F3N2O3/c20-19(21,22)15-4-2-1-3-13(15)17(25)14-9-12(18(26)27)10-24-16(14)11-5-7-23-8-6-11/h1-4,10-11,23-24H,5-9H2,(H,26,27). The molecule has 0 unspecified atom stereocenters. The number of nitrogens with one attached hydrogen (secondary N) is 2. The number of carbonyl (C=O) groups is 2. The smallest absolute Gasteiger partial charge is 0.417 e. The summed E-state index contributed by atoms with van der Waals surface area (Å²) in [6.07, 6.45) is -2.11. The Labute approximate surface area is 153 Å². The lowest BCUT2D eigenvalue weighted by atomic mass is 9.84. The van der Waals surface area contributed by atoms with Crippen LogP contribution in [0.5, 0.6) is 0 Å². The molecule has 2 heterocycles. The van der Waals surface area contributed by atoms with E-state index in [1.54, 1.807) is 0 Å². The molecule has 1 aromatic rings. The molecule has 0 atom stereocenters. The Morgan fingerprint density at radius 1 is 1.11 bits per heavy atom. The molecule has 0 amide bonds. The van der Waals surface area contributed by atoms with E-state index in [4.69, 9.17) is 0 Å². The predicted octanol–water partition coefficient (Wildman–Crippen LogP) is 3.10. The van der Waals surface area contributed by atoms with Crippen LogP contribution in [0.2, 0.25) is 0 Å². The van der Waals surface area contributed by atoms with Crippen LogP contribution < -0.4 is 10.6 Å². The SMILES string of the molecule is O=C(O)C1=CNC(C2CCNCC2)=C(C(=O)c2ccccc2C(F)(F)F)C1. The van der Waals surface area contributed by atoms with E-state index >= 15 is 0 Å². The normalized spacial score (nSPS) is 18.7. The molecular formula is C19H19F3N2O3. The highest BCUT2D eigenvalue weighted by Gasteiger charge is 2.37. The molecule has 1 saturated heterocycles. The molecule has 1 fully saturated rings. The number of rotatable bonds is 4. The summed E-state index contributed by atoms with van der Waals surface area (Å²) in [5.74, 6) is -2.02. The number of alkyl halides is 3. The van der Waals surface area contributed by atoms with Crippen LogP contribution in [0.25, 0.3) is 0 Å². The molecule has 0 spiro atoms. The average Bonchev–Trinajstić information content (AvgIpc) is 2.67. The molecule has 2 aliphatic heterocycles. The maximum absolute atomic E-state index is 13.3. The van der Waals surface area contributed by atoms with Gasteiger partial charge in [-0.3, -0.25) is 4.79 Å². The summed E-state index contributed by atoms with van der Waals surface area (Å²) in [6.45, 7) is 1.46. The Kier molecular flexibility index (Phi) is 5.36. The summed E-state index contributed by atoms with van der Waals surface area (Å²) in [5, 5.41) is 15.3. The van der Waals surface area contributed by atoms with Crippen LogP contribution in [-0.2, 0) is 11.0 Å². The van der Waals surface area contributed by atoms with Gasteiger partial charge >= 0.3 is 12.1 Å². The molecule has 2 aliphatic rings. The topological polar surface area (TPSA) is 78.4 Å². The van der Waals surface area contributed by atoms with Gasteiger partial charge in [-0.1, -0.05) is 18.2 Å². The van der Waals surface area contributed by atoms with Crippen LogP contribution in [-0.4, -0.2) is 29.9 Å². The molecule has 0 aliphatic carbocycles. The van der Waals surface area contributed by atoms with Gasteiger partial charge in [-0.15, -0.1) is 0 Å². The molecule has 3 rings (SSSR count). The number of allylic oxidation sites excluding steroid dienone is 2. The van der Waals surface area contributed by atoms with Gasteiger partial charge in [-0.25, -0.2) is 4.79 Å². The first-order chi connectivity index (χ1) is 12.8. The first kappa shape index (κ1) is 19.2. The number of hydrogen-bond acceptors (Lipinski definition) is 4. The monoisotopic (exact) mass is 380 g/mol. The number of ketones is 1. The number of dihydropyridines is 1. The molecule has 0 radical (unpaired) electrons. The van der Waals surface area contributed by atoms with Crippen LogP contribution in [0.3, 0.4) is 0 Å². The van der Waals surface area contributed by atoms with Crippen molar-refractivity contribution in [1.82, 2.24) is 10.6 Å². The first-order valence-electron chi connectivity index (χ1n) is 8.62. The van der Waals surface area contributed by atoms with Crippen LogP contribution in [0, 0.1) is 5.92 Å². The van der Waals surface area contributed by atoms with Crippen molar-refractivity contribution in [3.63, 3.8) is 0 Å². The Morgan fingerprint density at radius 3 is 2.41 bits per heavy atom. The van der Waals surface area contributed by atoms with Crippen molar-refractivity contribution in [2.24, 2.45) is 5.92 Å². The van der Waals surface area contributed by atoms with E-state index in [0.717, 1.165) is 38.1 Å². The Bertz CT molecular complexity index is 822. The highest BCUT2D eigenvalue weighted by atomic mass is 19.4. The maximum atomic E-state index is 13.3. The second kappa shape index (κ2) is 7.56. The third-order valence-electron chi connectivity index (χ3n) is 4.87. The molecular weight excluding hydrogens is 361 g/mol. The first-order valence-corrected chi connectivity index (χ1v) is 8.62. The van der Waals surface area contributed by atoms with Crippen LogP contribution >= 0.6 is 0 Å². The number of carboxylic acid groups (broad SMARTS) is 1. The minimum Gasteiger partial charge on any atom is -0.478 e. The minimum atomic E-state index is -4.67. The quantitative estimate of drug-likeness (QED) is 0.700. The van der Waals surface area contributed by atoms with Gasteiger partial charge in [0.25, 0.3) is 0 Å². The second-order valence-electron chi connectivity index (χ2n) is 6.58. The number of Topliss-reactive ketones (excluding diaryl/α,β-unsaturated/α-hetero) is 1. The van der Waals surface area contributed by atoms with E-state index in [1.807, 2.05) is 0 Å². The zero-order valence-corrected chi connectivity index (χ0v) is 14.4. The minimum absolute atomic E-state index is 0.0326. The van der Waals surface area contributed by atoms with E-state index in [0.29, 0.717) is 5.70 Å². The van der Waals surface area contributed by atoms with Gasteiger partial charge in [0.1, 0.15) is 0 Å². The summed E-state index contributed by atoms with van der Waals surface area (Å²) < 4.78 is 40.0. The lowest BCUT2D eigenvalue weighted by molar-refractivity contribution is -0.138. The van der Waals surface area contributed by atoms with Crippen LogP contribution in [0.4, 0.5) is 13.2 Å². The third kappa shape index (κ3) is 4.05. The maximum Gasteiger partial charge on any atom is 0.417 e. The van der Waals surface area contributed by atoms with Crippen molar-refractivity contribution >= 4 is 11.8 Å². The molecule has 0 bridgehead atoms. The van der Waals surface area contributed by atoms with Crippen molar-refractivity contribution in [3.05, 3.63) is 58.4 Å². The van der Waals surface area contributed by atoms with Gasteiger partial charge in [0.2, 0.25) is 0 Å². The number of halogens is 3. The van der Waals surface area contributed by atoms with Gasteiger partial charge in [0.05, 0.1) is 11.1 Å². The van der Waals surface area contributed by atoms with Crippen molar-refractivity contribution in [3.8, 4) is 0 Å². The number of piperidine rings is 1. The molecule has 5 nitrogen and oxygen atoms in total. The largest absolute Gasteiger partial charge is 0.478 e. The van der Waals surface area contributed by atoms with Gasteiger partial charge < -0.3 is 15.7 Å². The summed E-state index contributed by atoms with van der Waals surface area (Å²) in [7, 11) is 0. The van der Waals surface area contributed by atoms with E-state index < -0.39 is 29.1 Å².